The van der Waals surface area contributed by atoms with Gasteiger partial charge in [-0.05, 0) is 101 Å². The molecule has 0 unspecified atom stereocenters. The van der Waals surface area contributed by atoms with Crippen molar-refractivity contribution in [1.29, 1.82) is 0 Å². The Morgan fingerprint density at radius 3 is 1.71 bits per heavy atom. The molecular weight excluding hydrogens is 577 g/mol. The molecule has 0 bridgehead atoms. The number of benzene rings is 3. The summed E-state index contributed by atoms with van der Waals surface area (Å²) in [5.74, 6) is 0.987. The van der Waals surface area contributed by atoms with Crippen LogP contribution in [0.25, 0.3) is 12.2 Å². The molecule has 1 fully saturated rings. The molecule has 2 aliphatic rings. The van der Waals surface area contributed by atoms with Gasteiger partial charge in [-0.15, -0.1) is 0 Å². The molecule has 0 amide bonds. The Bertz CT molecular complexity index is 1280. The zero-order valence-electron chi connectivity index (χ0n) is 23.5. The van der Waals surface area contributed by atoms with Crippen molar-refractivity contribution in [1.82, 2.24) is 0 Å². The predicted molar refractivity (Wildman–Crippen MR) is 160 cm³/mol. The first-order valence-electron chi connectivity index (χ1n) is 13.2. The third-order valence-corrected chi connectivity index (χ3v) is 7.43. The topological polar surface area (TPSA) is 15.7 Å². The summed E-state index contributed by atoms with van der Waals surface area (Å²) < 4.78 is 6.09. The average Bonchev–Trinajstić information content (AvgIpc) is 3.25. The summed E-state index contributed by atoms with van der Waals surface area (Å²) in [6.45, 7) is 18.1. The van der Waals surface area contributed by atoms with Gasteiger partial charge in [0.15, 0.2) is 0 Å². The van der Waals surface area contributed by atoms with Crippen LogP contribution in [-0.4, -0.2) is 25.9 Å². The van der Waals surface area contributed by atoms with E-state index in [0.717, 1.165) is 30.0 Å². The molecule has 0 aromatic heterocycles. The van der Waals surface area contributed by atoms with Crippen LogP contribution in [0, 0.1) is 48.5 Å². The fourth-order valence-corrected chi connectivity index (χ4v) is 6.34. The summed E-state index contributed by atoms with van der Waals surface area (Å²) in [6, 6.07) is 13.7. The van der Waals surface area contributed by atoms with Crippen molar-refractivity contribution in [3.8, 4) is 5.75 Å². The van der Waals surface area contributed by atoms with E-state index in [4.69, 9.17) is 4.74 Å². The van der Waals surface area contributed by atoms with Gasteiger partial charge in [0.25, 0.3) is 0 Å². The molecule has 2 aliphatic heterocycles. The van der Waals surface area contributed by atoms with Crippen molar-refractivity contribution in [2.24, 2.45) is 0 Å². The Labute approximate surface area is 242 Å². The molecule has 0 saturated carbocycles. The molecule has 38 heavy (non-hydrogen) atoms. The number of fused-ring (bicyclic) bond motifs is 1. The van der Waals surface area contributed by atoms with Gasteiger partial charge in [-0.3, -0.25) is 0 Å². The first-order chi connectivity index (χ1) is 18.2. The molecule has 0 aliphatic carbocycles. The second-order valence-electron chi connectivity index (χ2n) is 10.6. The molecular formula is C33H38ClN2ORu. The summed E-state index contributed by atoms with van der Waals surface area (Å²) in [5.41, 5.74) is 14.3. The van der Waals surface area contributed by atoms with Crippen LogP contribution in [0.5, 0.6) is 5.75 Å². The number of hydrogen-bond donors (Lipinski definition) is 0. The minimum atomic E-state index is 0.112. The number of halogens is 1. The molecule has 0 N–H and O–H groups in total. The predicted octanol–water partition coefficient (Wildman–Crippen LogP) is 8.30. The third kappa shape index (κ3) is 5.72. The number of anilines is 2. The second kappa shape index (κ2) is 12.1. The van der Waals surface area contributed by atoms with Gasteiger partial charge in [0, 0.05) is 35.6 Å². The standard InChI is InChI=1S/C33H38N2O.ClH.Ru/c1-21-15-24(4)31(25(5)16-21)34-12-13-35(32-26(6)17-22(2)18-27(32)7)30(34)11-10-29-20-23(3)19-28-9-8-14-36-33(28)29;;/h8-11,15-20,30H,12-14H2,1-7H3;1H;/q;;+1/p-1/b11-10+;;. The molecule has 1 saturated heterocycles. The van der Waals surface area contributed by atoms with Crippen LogP contribution in [-0.2, 0) is 17.3 Å². The summed E-state index contributed by atoms with van der Waals surface area (Å²) in [7, 11) is 4.57. The Morgan fingerprint density at radius 1 is 0.737 bits per heavy atom. The fourth-order valence-electron chi connectivity index (χ4n) is 6.34. The van der Waals surface area contributed by atoms with Crippen LogP contribution in [0.15, 0.2) is 48.6 Å². The van der Waals surface area contributed by atoms with E-state index >= 15 is 0 Å². The molecule has 5 rings (SSSR count). The van der Waals surface area contributed by atoms with Gasteiger partial charge in [0.05, 0.1) is 0 Å². The number of hydrogen-bond acceptors (Lipinski definition) is 3. The van der Waals surface area contributed by atoms with E-state index in [1.165, 1.54) is 50.3 Å². The van der Waals surface area contributed by atoms with Gasteiger partial charge in [0.1, 0.15) is 18.5 Å². The van der Waals surface area contributed by atoms with Crippen molar-refractivity contribution in [2.45, 2.75) is 54.6 Å². The monoisotopic (exact) mass is 615 g/mol. The van der Waals surface area contributed by atoms with Crippen LogP contribution in [0.1, 0.15) is 50.1 Å². The Morgan fingerprint density at radius 2 is 1.21 bits per heavy atom. The summed E-state index contributed by atoms with van der Waals surface area (Å²) >= 11 is 1.82. The summed E-state index contributed by atoms with van der Waals surface area (Å²) in [6.07, 6.45) is 9.03. The third-order valence-electron chi connectivity index (χ3n) is 7.43. The molecule has 0 atom stereocenters. The maximum absolute atomic E-state index is 6.09. The minimum absolute atomic E-state index is 0.112. The summed E-state index contributed by atoms with van der Waals surface area (Å²) in [5, 5.41) is 0. The number of nitrogens with zero attached hydrogens (tertiary/aromatic N) is 2. The Kier molecular flexibility index (Phi) is 9.06. The van der Waals surface area contributed by atoms with E-state index in [1.54, 1.807) is 0 Å². The second-order valence-corrected chi connectivity index (χ2v) is 10.6. The van der Waals surface area contributed by atoms with Gasteiger partial charge in [-0.25, -0.2) is 0 Å². The van der Waals surface area contributed by atoms with Gasteiger partial charge < -0.3 is 14.5 Å². The normalized spacial score (nSPS) is 15.0. The van der Waals surface area contributed by atoms with Crippen molar-refractivity contribution in [3.63, 3.8) is 0 Å². The van der Waals surface area contributed by atoms with E-state index in [-0.39, 0.29) is 6.17 Å². The van der Waals surface area contributed by atoms with Gasteiger partial charge in [-0.2, -0.15) is 0 Å². The molecule has 5 heteroatoms. The van der Waals surface area contributed by atoms with Crippen LogP contribution < -0.4 is 14.5 Å². The Hall–Kier alpha value is -2.55. The van der Waals surface area contributed by atoms with Crippen molar-refractivity contribution >= 4 is 33.2 Å². The van der Waals surface area contributed by atoms with Crippen molar-refractivity contribution in [3.05, 3.63) is 98.6 Å². The molecule has 0 radical (unpaired) electrons. The number of ether oxygens (including phenoxy) is 1. The van der Waals surface area contributed by atoms with Crippen LogP contribution >= 0.6 is 9.69 Å². The number of rotatable bonds is 4. The first kappa shape index (κ1) is 28.5. The summed E-state index contributed by atoms with van der Waals surface area (Å²) in [4.78, 5) is 5.17. The van der Waals surface area contributed by atoms with Crippen molar-refractivity contribution < 1.29 is 22.0 Å². The molecule has 201 valence electrons. The quantitative estimate of drug-likeness (QED) is 0.275. The van der Waals surface area contributed by atoms with Crippen LogP contribution in [0.3, 0.4) is 0 Å². The van der Waals surface area contributed by atoms with E-state index in [2.05, 4.69) is 129 Å². The first-order valence-corrected chi connectivity index (χ1v) is 15.4. The zero-order chi connectivity index (χ0) is 27.6. The Balaban J connectivity index is 0.00000164. The average molecular weight is 615 g/mol. The molecule has 2 heterocycles. The van der Waals surface area contributed by atoms with E-state index in [1.807, 2.05) is 17.3 Å². The van der Waals surface area contributed by atoms with E-state index in [9.17, 15) is 0 Å². The zero-order valence-corrected chi connectivity index (χ0v) is 26.0. The molecule has 0 spiro atoms. The molecule has 3 aromatic rings. The van der Waals surface area contributed by atoms with Gasteiger partial charge in [0.2, 0.25) is 0 Å². The van der Waals surface area contributed by atoms with E-state index < -0.39 is 0 Å². The molecule has 3 aromatic carbocycles. The van der Waals surface area contributed by atoms with E-state index in [0.29, 0.717) is 6.61 Å². The molecule has 3 nitrogen and oxygen atoms in total. The maximum atomic E-state index is 6.09. The fraction of sp³-hybridized carbons (Fsp3) is 0.333. The van der Waals surface area contributed by atoms with Crippen LogP contribution in [0.4, 0.5) is 11.4 Å². The van der Waals surface area contributed by atoms with Gasteiger partial charge >= 0.3 is 27.0 Å². The van der Waals surface area contributed by atoms with Crippen molar-refractivity contribution in [2.75, 3.05) is 29.5 Å². The SMILES string of the molecule is Cc1cc(C)c(N2CCN(c3c(C)cc(C)cc3C)C2/C=C/c2cc(C)cc3c2OCC=C3)c(C)c1.[Cl][Ru]. The van der Waals surface area contributed by atoms with Crippen LogP contribution in [0.2, 0.25) is 0 Å². The van der Waals surface area contributed by atoms with Gasteiger partial charge in [-0.1, -0.05) is 47.5 Å². The number of aryl methyl sites for hydroxylation is 7.